The minimum atomic E-state index is -3.74. The molecule has 0 radical (unpaired) electrons. The molecular formula is C20H29N5O3S2. The molecule has 1 aromatic heterocycles. The van der Waals surface area contributed by atoms with Crippen molar-refractivity contribution >= 4 is 32.4 Å². The number of sulfonamides is 1. The van der Waals surface area contributed by atoms with Gasteiger partial charge >= 0.3 is 0 Å². The number of carbonyl (C=O) groups excluding carboxylic acids is 1. The van der Waals surface area contributed by atoms with Gasteiger partial charge < -0.3 is 4.90 Å². The molecule has 8 nitrogen and oxygen atoms in total. The molecule has 30 heavy (non-hydrogen) atoms. The monoisotopic (exact) mass is 451 g/mol. The molecular weight excluding hydrogens is 422 g/mol. The molecule has 1 aromatic carbocycles. The van der Waals surface area contributed by atoms with E-state index in [1.54, 1.807) is 18.2 Å². The Morgan fingerprint density at radius 1 is 1.30 bits per heavy atom. The molecule has 3 rings (SSSR count). The third kappa shape index (κ3) is 6.07. The second kappa shape index (κ2) is 10.4. The van der Waals surface area contributed by atoms with E-state index in [4.69, 9.17) is 0 Å². The molecule has 1 fully saturated rings. The SMILES string of the molecule is CC[C@@H]1CCCCN1CCCNS(=O)(=O)c1nnc(NC(=O)c2cccc(C)c2)s1. The van der Waals surface area contributed by atoms with Gasteiger partial charge in [0.05, 0.1) is 0 Å². The van der Waals surface area contributed by atoms with Gasteiger partial charge in [0.15, 0.2) is 0 Å². The fraction of sp³-hybridized carbons (Fsp3) is 0.550. The van der Waals surface area contributed by atoms with Crippen LogP contribution in [-0.4, -0.2) is 55.1 Å². The predicted molar refractivity (Wildman–Crippen MR) is 118 cm³/mol. The second-order valence-corrected chi connectivity index (χ2v) is 10.5. The lowest BCUT2D eigenvalue weighted by atomic mass is 10.00. The summed E-state index contributed by atoms with van der Waals surface area (Å²) >= 11 is 0.842. The molecule has 0 aliphatic carbocycles. The number of likely N-dealkylation sites (tertiary alicyclic amines) is 1. The zero-order valence-electron chi connectivity index (χ0n) is 17.4. The quantitative estimate of drug-likeness (QED) is 0.449. The number of benzene rings is 1. The first kappa shape index (κ1) is 22.8. The first-order valence-corrected chi connectivity index (χ1v) is 12.6. The molecule has 2 aromatic rings. The van der Waals surface area contributed by atoms with Crippen molar-refractivity contribution in [3.8, 4) is 0 Å². The van der Waals surface area contributed by atoms with Gasteiger partial charge in [-0.15, -0.1) is 10.2 Å². The average Bonchev–Trinajstić information content (AvgIpc) is 3.21. The Balaban J connectivity index is 1.50. The van der Waals surface area contributed by atoms with Crippen LogP contribution in [0.5, 0.6) is 0 Å². The number of rotatable bonds is 9. The maximum Gasteiger partial charge on any atom is 0.269 e. The van der Waals surface area contributed by atoms with Gasteiger partial charge in [-0.3, -0.25) is 10.1 Å². The fourth-order valence-corrected chi connectivity index (χ4v) is 5.70. The van der Waals surface area contributed by atoms with Crippen molar-refractivity contribution in [2.45, 2.75) is 56.3 Å². The molecule has 2 N–H and O–H groups in total. The van der Waals surface area contributed by atoms with Crippen LogP contribution in [-0.2, 0) is 10.0 Å². The van der Waals surface area contributed by atoms with Crippen LogP contribution in [0, 0.1) is 6.92 Å². The highest BCUT2D eigenvalue weighted by atomic mass is 32.2. The van der Waals surface area contributed by atoms with Crippen molar-refractivity contribution in [1.29, 1.82) is 0 Å². The number of amides is 1. The van der Waals surface area contributed by atoms with Crippen LogP contribution in [0.4, 0.5) is 5.13 Å². The largest absolute Gasteiger partial charge is 0.300 e. The molecule has 10 heteroatoms. The summed E-state index contributed by atoms with van der Waals surface area (Å²) in [5, 5.41) is 10.3. The maximum atomic E-state index is 12.5. The van der Waals surface area contributed by atoms with E-state index in [1.807, 2.05) is 13.0 Å². The average molecular weight is 452 g/mol. The number of aromatic nitrogens is 2. The summed E-state index contributed by atoms with van der Waals surface area (Å²) in [6, 6.07) is 7.73. The molecule has 1 saturated heterocycles. The Labute approximate surface area is 182 Å². The van der Waals surface area contributed by atoms with Crippen molar-refractivity contribution in [1.82, 2.24) is 19.8 Å². The Bertz CT molecular complexity index is 961. The van der Waals surface area contributed by atoms with Crippen LogP contribution in [0.3, 0.4) is 0 Å². The molecule has 0 saturated carbocycles. The van der Waals surface area contributed by atoms with Crippen LogP contribution in [0.15, 0.2) is 28.6 Å². The second-order valence-electron chi connectivity index (χ2n) is 7.54. The normalized spacial score (nSPS) is 17.7. The summed E-state index contributed by atoms with van der Waals surface area (Å²) in [6.07, 6.45) is 5.59. The molecule has 164 valence electrons. The topological polar surface area (TPSA) is 104 Å². The van der Waals surface area contributed by atoms with Gasteiger partial charge in [-0.25, -0.2) is 13.1 Å². The minimum absolute atomic E-state index is 0.147. The van der Waals surface area contributed by atoms with Crippen LogP contribution >= 0.6 is 11.3 Å². The smallest absolute Gasteiger partial charge is 0.269 e. The summed E-state index contributed by atoms with van der Waals surface area (Å²) in [6.45, 7) is 6.42. The van der Waals surface area contributed by atoms with E-state index in [1.165, 1.54) is 19.3 Å². The molecule has 1 aliphatic heterocycles. The number of hydrogen-bond donors (Lipinski definition) is 2. The summed E-state index contributed by atoms with van der Waals surface area (Å²) in [5.74, 6) is -0.348. The number of carbonyl (C=O) groups is 1. The summed E-state index contributed by atoms with van der Waals surface area (Å²) < 4.78 is 27.4. The molecule has 0 unspecified atom stereocenters. The van der Waals surface area contributed by atoms with Crippen LogP contribution < -0.4 is 10.0 Å². The highest BCUT2D eigenvalue weighted by molar-refractivity contribution is 7.91. The molecule has 1 atom stereocenters. The van der Waals surface area contributed by atoms with E-state index >= 15 is 0 Å². The third-order valence-corrected chi connectivity index (χ3v) is 7.94. The third-order valence-electron chi connectivity index (χ3n) is 5.27. The van der Waals surface area contributed by atoms with E-state index in [9.17, 15) is 13.2 Å². The van der Waals surface area contributed by atoms with Crippen molar-refractivity contribution in [3.05, 3.63) is 35.4 Å². The molecule has 1 amide bonds. The van der Waals surface area contributed by atoms with Gasteiger partial charge in [0.2, 0.25) is 9.47 Å². The van der Waals surface area contributed by atoms with Crippen LogP contribution in [0.2, 0.25) is 0 Å². The van der Waals surface area contributed by atoms with E-state index in [2.05, 4.69) is 32.1 Å². The first-order chi connectivity index (χ1) is 14.4. The van der Waals surface area contributed by atoms with Gasteiger partial charge in [0.1, 0.15) is 0 Å². The number of piperidine rings is 1. The van der Waals surface area contributed by atoms with Gasteiger partial charge in [-0.1, -0.05) is 42.4 Å². The Kier molecular flexibility index (Phi) is 7.93. The van der Waals surface area contributed by atoms with Crippen molar-refractivity contribution in [3.63, 3.8) is 0 Å². The van der Waals surface area contributed by atoms with Gasteiger partial charge in [0, 0.05) is 18.2 Å². The van der Waals surface area contributed by atoms with Crippen molar-refractivity contribution < 1.29 is 13.2 Å². The van der Waals surface area contributed by atoms with Gasteiger partial charge in [-0.2, -0.15) is 0 Å². The molecule has 2 heterocycles. The Hall–Kier alpha value is -1.88. The molecule has 0 bridgehead atoms. The maximum absolute atomic E-state index is 12.5. The lowest BCUT2D eigenvalue weighted by Crippen LogP contribution is -2.40. The predicted octanol–water partition coefficient (Wildman–Crippen LogP) is 3.03. The highest BCUT2D eigenvalue weighted by Gasteiger charge is 2.22. The Morgan fingerprint density at radius 3 is 2.90 bits per heavy atom. The van der Waals surface area contributed by atoms with E-state index in [-0.39, 0.29) is 15.4 Å². The Morgan fingerprint density at radius 2 is 2.13 bits per heavy atom. The number of aryl methyl sites for hydroxylation is 1. The number of nitrogens with zero attached hydrogens (tertiary/aromatic N) is 3. The van der Waals surface area contributed by atoms with Gasteiger partial charge in [-0.05, 0) is 57.8 Å². The summed E-state index contributed by atoms with van der Waals surface area (Å²) in [5.41, 5.74) is 1.44. The minimum Gasteiger partial charge on any atom is -0.300 e. The van der Waals surface area contributed by atoms with Crippen molar-refractivity contribution in [2.24, 2.45) is 0 Å². The molecule has 1 aliphatic rings. The number of anilines is 1. The lowest BCUT2D eigenvalue weighted by Gasteiger charge is -2.35. The van der Waals surface area contributed by atoms with Gasteiger partial charge in [0.25, 0.3) is 15.9 Å². The number of nitrogens with one attached hydrogen (secondary N) is 2. The molecule has 0 spiro atoms. The van der Waals surface area contributed by atoms with Crippen LogP contribution in [0.25, 0.3) is 0 Å². The number of hydrogen-bond acceptors (Lipinski definition) is 7. The van der Waals surface area contributed by atoms with E-state index < -0.39 is 10.0 Å². The standard InChI is InChI=1S/C20H29N5O3S2/c1-3-17-10-4-5-12-25(17)13-7-11-21-30(27,28)20-24-23-19(29-20)22-18(26)16-9-6-8-15(2)14-16/h6,8-9,14,17,21H,3-5,7,10-13H2,1-2H3,(H,22,23,26)/t17-/m1/s1. The lowest BCUT2D eigenvalue weighted by molar-refractivity contribution is 0.102. The zero-order valence-corrected chi connectivity index (χ0v) is 19.1. The fourth-order valence-electron chi connectivity index (χ4n) is 3.69. The summed E-state index contributed by atoms with van der Waals surface area (Å²) in [7, 11) is -3.74. The summed E-state index contributed by atoms with van der Waals surface area (Å²) in [4.78, 5) is 14.8. The van der Waals surface area contributed by atoms with E-state index in [0.717, 1.165) is 42.8 Å². The van der Waals surface area contributed by atoms with E-state index in [0.29, 0.717) is 18.2 Å². The first-order valence-electron chi connectivity index (χ1n) is 10.3. The zero-order chi connectivity index (χ0) is 21.6. The van der Waals surface area contributed by atoms with Crippen molar-refractivity contribution in [2.75, 3.05) is 25.0 Å². The van der Waals surface area contributed by atoms with Crippen LogP contribution in [0.1, 0.15) is 54.9 Å². The highest BCUT2D eigenvalue weighted by Crippen LogP contribution is 2.21.